The van der Waals surface area contributed by atoms with Crippen molar-refractivity contribution >= 4 is 10.9 Å². The zero-order valence-electron chi connectivity index (χ0n) is 20.3. The Kier molecular flexibility index (Phi) is 5.24. The molecule has 3 aromatic carbocycles. The highest BCUT2D eigenvalue weighted by Crippen LogP contribution is 2.40. The third kappa shape index (κ3) is 3.47. The fourth-order valence-corrected chi connectivity index (χ4v) is 5.01. The average molecular weight is 448 g/mol. The zero-order valence-corrected chi connectivity index (χ0v) is 20.3. The lowest BCUT2D eigenvalue weighted by atomic mass is 9.73. The van der Waals surface area contributed by atoms with Crippen molar-refractivity contribution in [3.63, 3.8) is 0 Å². The smallest absolute Gasteiger partial charge is 0.251 e. The lowest BCUT2D eigenvalue weighted by Gasteiger charge is -2.32. The quantitative estimate of drug-likeness (QED) is 0.344. The Labute approximate surface area is 200 Å². The Bertz CT molecular complexity index is 1570. The molecular formula is C30H29N3O. The Morgan fingerprint density at radius 2 is 1.56 bits per heavy atom. The number of hydrogen-bond acceptors (Lipinski definition) is 2. The number of aromatic nitrogens is 3. The summed E-state index contributed by atoms with van der Waals surface area (Å²) in [5.41, 5.74) is 8.35. The summed E-state index contributed by atoms with van der Waals surface area (Å²) in [4.78, 5) is 17.3. The molecule has 0 radical (unpaired) electrons. The third-order valence-corrected chi connectivity index (χ3v) is 7.11. The van der Waals surface area contributed by atoms with E-state index < -0.39 is 5.41 Å². The molecule has 1 atom stereocenters. The first-order valence-corrected chi connectivity index (χ1v) is 11.5. The number of fused-ring (bicyclic) bond motifs is 1. The van der Waals surface area contributed by atoms with Crippen LogP contribution in [0.5, 0.6) is 0 Å². The van der Waals surface area contributed by atoms with Gasteiger partial charge in [0.25, 0.3) is 5.56 Å². The van der Waals surface area contributed by atoms with Gasteiger partial charge in [0.1, 0.15) is 0 Å². The maximum Gasteiger partial charge on any atom is 0.251 e. The van der Waals surface area contributed by atoms with Crippen molar-refractivity contribution in [2.75, 3.05) is 0 Å². The summed E-state index contributed by atoms with van der Waals surface area (Å²) in [5, 5.41) is 1.06. The number of pyridine rings is 1. The van der Waals surface area contributed by atoms with Crippen LogP contribution >= 0.6 is 0 Å². The highest BCUT2D eigenvalue weighted by molar-refractivity contribution is 5.95. The highest BCUT2D eigenvalue weighted by Gasteiger charge is 2.34. The Balaban J connectivity index is 1.84. The molecule has 2 aromatic heterocycles. The molecule has 0 N–H and O–H groups in total. The Morgan fingerprint density at radius 1 is 0.824 bits per heavy atom. The normalized spacial score (nSPS) is 13.2. The zero-order chi connectivity index (χ0) is 24.0. The molecule has 4 heteroatoms. The average Bonchev–Trinajstić information content (AvgIpc) is 3.27. The minimum absolute atomic E-state index is 0.00955. The van der Waals surface area contributed by atoms with E-state index in [0.29, 0.717) is 0 Å². The van der Waals surface area contributed by atoms with E-state index in [1.807, 2.05) is 32.7 Å². The summed E-state index contributed by atoms with van der Waals surface area (Å²) in [6.07, 6.45) is 3.80. The van der Waals surface area contributed by atoms with Crippen LogP contribution in [0.25, 0.3) is 22.0 Å². The fourth-order valence-electron chi connectivity index (χ4n) is 5.01. The number of nitrogens with zero attached hydrogens (tertiary/aromatic N) is 3. The van der Waals surface area contributed by atoms with Gasteiger partial charge in [-0.15, -0.1) is 0 Å². The van der Waals surface area contributed by atoms with Crippen molar-refractivity contribution in [3.8, 4) is 11.1 Å². The van der Waals surface area contributed by atoms with Gasteiger partial charge in [-0.05, 0) is 55.2 Å². The molecule has 0 spiro atoms. The molecule has 0 aliphatic rings. The molecule has 0 saturated carbocycles. The Morgan fingerprint density at radius 3 is 2.24 bits per heavy atom. The van der Waals surface area contributed by atoms with E-state index in [4.69, 9.17) is 0 Å². The lowest BCUT2D eigenvalue weighted by Crippen LogP contribution is -2.28. The molecule has 0 bridgehead atoms. The van der Waals surface area contributed by atoms with Gasteiger partial charge in [0.05, 0.1) is 23.0 Å². The summed E-state index contributed by atoms with van der Waals surface area (Å²) in [6, 6.07) is 25.3. The molecule has 4 nitrogen and oxygen atoms in total. The number of imidazole rings is 1. The summed E-state index contributed by atoms with van der Waals surface area (Å²) < 4.78 is 3.82. The predicted molar refractivity (Wildman–Crippen MR) is 139 cm³/mol. The van der Waals surface area contributed by atoms with Crippen LogP contribution in [0.4, 0.5) is 0 Å². The standard InChI is InChI=1S/C30H29N3O/c1-20-9-11-23(12-10-20)30(3,28-18-31-19-32(28)4)24-13-14-27-26(16-24)25(17-29(34)33(27)5)22-8-6-7-21(2)15-22/h6-19H,1-5H3. The van der Waals surface area contributed by atoms with Gasteiger partial charge in [-0.25, -0.2) is 4.98 Å². The summed E-state index contributed by atoms with van der Waals surface area (Å²) in [5.74, 6) is 0. The minimum atomic E-state index is -0.425. The number of rotatable bonds is 4. The van der Waals surface area contributed by atoms with Crippen molar-refractivity contribution < 1.29 is 0 Å². The van der Waals surface area contributed by atoms with Crippen molar-refractivity contribution in [1.29, 1.82) is 0 Å². The van der Waals surface area contributed by atoms with E-state index in [1.54, 1.807) is 10.6 Å². The molecule has 170 valence electrons. The van der Waals surface area contributed by atoms with Gasteiger partial charge < -0.3 is 9.13 Å². The van der Waals surface area contributed by atoms with Crippen LogP contribution in [0.15, 0.2) is 90.1 Å². The van der Waals surface area contributed by atoms with Gasteiger partial charge in [0, 0.05) is 31.7 Å². The molecule has 34 heavy (non-hydrogen) atoms. The summed E-state index contributed by atoms with van der Waals surface area (Å²) >= 11 is 0. The molecule has 5 aromatic rings. The van der Waals surface area contributed by atoms with Crippen molar-refractivity contribution in [2.24, 2.45) is 14.1 Å². The predicted octanol–water partition coefficient (Wildman–Crippen LogP) is 5.91. The minimum Gasteiger partial charge on any atom is -0.337 e. The second kappa shape index (κ2) is 8.14. The second-order valence-electron chi connectivity index (χ2n) is 9.44. The first-order valence-electron chi connectivity index (χ1n) is 11.5. The maximum atomic E-state index is 12.8. The van der Waals surface area contributed by atoms with Crippen LogP contribution in [-0.2, 0) is 19.5 Å². The number of hydrogen-bond donors (Lipinski definition) is 0. The number of benzene rings is 3. The molecule has 5 rings (SSSR count). The van der Waals surface area contributed by atoms with Gasteiger partial charge >= 0.3 is 0 Å². The molecule has 0 aliphatic carbocycles. The van der Waals surface area contributed by atoms with Crippen molar-refractivity contribution in [2.45, 2.75) is 26.2 Å². The summed E-state index contributed by atoms with van der Waals surface area (Å²) in [6.45, 7) is 6.44. The molecule has 0 saturated heterocycles. The van der Waals surface area contributed by atoms with E-state index in [0.717, 1.165) is 33.3 Å². The molecule has 1 unspecified atom stereocenters. The second-order valence-corrected chi connectivity index (χ2v) is 9.44. The highest BCUT2D eigenvalue weighted by atomic mass is 16.1. The Hall–Kier alpha value is -3.92. The summed E-state index contributed by atoms with van der Waals surface area (Å²) in [7, 11) is 3.88. The van der Waals surface area contributed by atoms with Gasteiger partial charge in [-0.2, -0.15) is 0 Å². The van der Waals surface area contributed by atoms with Crippen LogP contribution in [0, 0.1) is 13.8 Å². The van der Waals surface area contributed by atoms with Gasteiger partial charge in [0.2, 0.25) is 0 Å². The van der Waals surface area contributed by atoms with Crippen LogP contribution in [0.2, 0.25) is 0 Å². The molecule has 2 heterocycles. The molecular weight excluding hydrogens is 418 g/mol. The number of aryl methyl sites for hydroxylation is 4. The monoisotopic (exact) mass is 447 g/mol. The van der Waals surface area contributed by atoms with Gasteiger partial charge in [-0.1, -0.05) is 65.7 Å². The lowest BCUT2D eigenvalue weighted by molar-refractivity contribution is 0.626. The SMILES string of the molecule is Cc1ccc(C(C)(c2ccc3c(c2)c(-c2cccc(C)c2)cc(=O)n3C)c2cncn2C)cc1. The molecule has 0 aliphatic heterocycles. The van der Waals surface area contributed by atoms with Crippen LogP contribution in [0.3, 0.4) is 0 Å². The van der Waals surface area contributed by atoms with Gasteiger partial charge in [-0.3, -0.25) is 4.79 Å². The van der Waals surface area contributed by atoms with Crippen LogP contribution < -0.4 is 5.56 Å². The van der Waals surface area contributed by atoms with E-state index in [2.05, 4.69) is 91.0 Å². The topological polar surface area (TPSA) is 39.8 Å². The molecule has 0 amide bonds. The van der Waals surface area contributed by atoms with Crippen molar-refractivity contribution in [1.82, 2.24) is 14.1 Å². The van der Waals surface area contributed by atoms with Crippen LogP contribution in [0.1, 0.15) is 34.9 Å². The largest absolute Gasteiger partial charge is 0.337 e. The van der Waals surface area contributed by atoms with Crippen molar-refractivity contribution in [3.05, 3.63) is 124 Å². The first-order chi connectivity index (χ1) is 16.3. The maximum absolute atomic E-state index is 12.8. The fraction of sp³-hybridized carbons (Fsp3) is 0.200. The van der Waals surface area contributed by atoms with E-state index in [1.165, 1.54) is 16.7 Å². The first kappa shape index (κ1) is 21.9. The van der Waals surface area contributed by atoms with E-state index in [-0.39, 0.29) is 5.56 Å². The van der Waals surface area contributed by atoms with Crippen LogP contribution in [-0.4, -0.2) is 14.1 Å². The van der Waals surface area contributed by atoms with Gasteiger partial charge in [0.15, 0.2) is 0 Å². The van der Waals surface area contributed by atoms with E-state index in [9.17, 15) is 4.79 Å². The molecule has 0 fully saturated rings. The van der Waals surface area contributed by atoms with E-state index >= 15 is 0 Å². The third-order valence-electron chi connectivity index (χ3n) is 7.11.